The van der Waals surface area contributed by atoms with Crippen LogP contribution >= 0.6 is 0 Å². The molecule has 1 heterocycles. The van der Waals surface area contributed by atoms with Gasteiger partial charge in [0.2, 0.25) is 0 Å². The zero-order valence-corrected chi connectivity index (χ0v) is 11.1. The maximum absolute atomic E-state index is 5.77. The number of rotatable bonds is 5. The lowest BCUT2D eigenvalue weighted by atomic mass is 9.93. The minimum absolute atomic E-state index is 0.148. The SMILES string of the molecule is COc1cccc(CC(NN)C2OCCC2C)c1. The average Bonchev–Trinajstić information content (AvgIpc) is 2.82. The highest BCUT2D eigenvalue weighted by Crippen LogP contribution is 2.25. The number of ether oxygens (including phenoxy) is 2. The summed E-state index contributed by atoms with van der Waals surface area (Å²) in [4.78, 5) is 0. The standard InChI is InChI=1S/C14H22N2O2/c1-10-6-7-18-14(10)13(16-15)9-11-4-3-5-12(8-11)17-2/h3-5,8,10,13-14,16H,6-7,9,15H2,1-2H3. The van der Waals surface area contributed by atoms with Gasteiger partial charge in [-0.05, 0) is 36.5 Å². The summed E-state index contributed by atoms with van der Waals surface area (Å²) in [5, 5.41) is 0. The van der Waals surface area contributed by atoms with Crippen molar-refractivity contribution in [2.24, 2.45) is 11.8 Å². The fourth-order valence-electron chi connectivity index (χ4n) is 2.55. The molecule has 0 aliphatic carbocycles. The molecule has 2 rings (SSSR count). The molecule has 4 heteroatoms. The molecule has 3 unspecified atom stereocenters. The molecular formula is C14H22N2O2. The van der Waals surface area contributed by atoms with Crippen molar-refractivity contribution in [2.75, 3.05) is 13.7 Å². The van der Waals surface area contributed by atoms with Gasteiger partial charge in [-0.15, -0.1) is 0 Å². The summed E-state index contributed by atoms with van der Waals surface area (Å²) >= 11 is 0. The maximum atomic E-state index is 5.77. The van der Waals surface area contributed by atoms with Crippen LogP contribution in [0.1, 0.15) is 18.9 Å². The topological polar surface area (TPSA) is 56.5 Å². The lowest BCUT2D eigenvalue weighted by molar-refractivity contribution is 0.0610. The van der Waals surface area contributed by atoms with Gasteiger partial charge >= 0.3 is 0 Å². The predicted molar refractivity (Wildman–Crippen MR) is 71.3 cm³/mol. The van der Waals surface area contributed by atoms with Gasteiger partial charge in [-0.1, -0.05) is 19.1 Å². The van der Waals surface area contributed by atoms with Gasteiger partial charge in [0.15, 0.2) is 0 Å². The van der Waals surface area contributed by atoms with E-state index in [0.717, 1.165) is 25.2 Å². The van der Waals surface area contributed by atoms with Gasteiger partial charge in [0, 0.05) is 6.61 Å². The van der Waals surface area contributed by atoms with Crippen molar-refractivity contribution in [1.29, 1.82) is 0 Å². The van der Waals surface area contributed by atoms with E-state index < -0.39 is 0 Å². The number of methoxy groups -OCH3 is 1. The molecule has 1 aliphatic rings. The highest BCUT2D eigenvalue weighted by molar-refractivity contribution is 5.29. The van der Waals surface area contributed by atoms with Crippen LogP contribution in [0.5, 0.6) is 5.75 Å². The monoisotopic (exact) mass is 250 g/mol. The number of nitrogens with one attached hydrogen (secondary N) is 1. The van der Waals surface area contributed by atoms with Crippen molar-refractivity contribution < 1.29 is 9.47 Å². The minimum Gasteiger partial charge on any atom is -0.497 e. The fraction of sp³-hybridized carbons (Fsp3) is 0.571. The minimum atomic E-state index is 0.148. The van der Waals surface area contributed by atoms with Crippen molar-refractivity contribution >= 4 is 0 Å². The third-order valence-electron chi connectivity index (χ3n) is 3.64. The first-order valence-electron chi connectivity index (χ1n) is 6.45. The molecule has 4 nitrogen and oxygen atoms in total. The van der Waals surface area contributed by atoms with E-state index in [4.69, 9.17) is 15.3 Å². The van der Waals surface area contributed by atoms with Crippen LogP contribution in [0.2, 0.25) is 0 Å². The molecule has 1 aromatic rings. The van der Waals surface area contributed by atoms with Gasteiger partial charge in [0.1, 0.15) is 5.75 Å². The van der Waals surface area contributed by atoms with Crippen LogP contribution in [0.15, 0.2) is 24.3 Å². The molecule has 100 valence electrons. The summed E-state index contributed by atoms with van der Waals surface area (Å²) in [7, 11) is 1.68. The normalized spacial score (nSPS) is 25.1. The number of hydrazine groups is 1. The van der Waals surface area contributed by atoms with E-state index >= 15 is 0 Å². The van der Waals surface area contributed by atoms with Crippen LogP contribution in [0.3, 0.4) is 0 Å². The Hall–Kier alpha value is -1.10. The fourth-order valence-corrected chi connectivity index (χ4v) is 2.55. The van der Waals surface area contributed by atoms with Crippen LogP contribution in [-0.2, 0) is 11.2 Å². The summed E-state index contributed by atoms with van der Waals surface area (Å²) in [6.07, 6.45) is 2.16. The summed E-state index contributed by atoms with van der Waals surface area (Å²) in [5.41, 5.74) is 4.10. The first-order valence-corrected chi connectivity index (χ1v) is 6.45. The molecule has 3 N–H and O–H groups in total. The first kappa shape index (κ1) is 13.3. The van der Waals surface area contributed by atoms with Crippen molar-refractivity contribution in [3.63, 3.8) is 0 Å². The highest BCUT2D eigenvalue weighted by Gasteiger charge is 2.31. The molecule has 3 atom stereocenters. The summed E-state index contributed by atoms with van der Waals surface area (Å²) in [5.74, 6) is 7.10. The molecule has 1 aromatic carbocycles. The third-order valence-corrected chi connectivity index (χ3v) is 3.64. The number of benzene rings is 1. The predicted octanol–water partition coefficient (Wildman–Crippen LogP) is 1.49. The maximum Gasteiger partial charge on any atom is 0.119 e. The number of hydrogen-bond acceptors (Lipinski definition) is 4. The van der Waals surface area contributed by atoms with Gasteiger partial charge < -0.3 is 9.47 Å². The van der Waals surface area contributed by atoms with Crippen LogP contribution in [0, 0.1) is 5.92 Å². The molecule has 0 aromatic heterocycles. The zero-order chi connectivity index (χ0) is 13.0. The van der Waals surface area contributed by atoms with Gasteiger partial charge in [-0.25, -0.2) is 0 Å². The number of nitrogens with two attached hydrogens (primary N) is 1. The van der Waals surface area contributed by atoms with Gasteiger partial charge in [-0.3, -0.25) is 11.3 Å². The second-order valence-corrected chi connectivity index (χ2v) is 4.93. The van der Waals surface area contributed by atoms with E-state index in [2.05, 4.69) is 18.4 Å². The van der Waals surface area contributed by atoms with E-state index in [-0.39, 0.29) is 12.1 Å². The van der Waals surface area contributed by atoms with E-state index in [9.17, 15) is 0 Å². The van der Waals surface area contributed by atoms with E-state index in [0.29, 0.717) is 5.92 Å². The second kappa shape index (κ2) is 6.18. The number of hydrogen-bond donors (Lipinski definition) is 2. The van der Waals surface area contributed by atoms with E-state index in [1.807, 2.05) is 18.2 Å². The summed E-state index contributed by atoms with van der Waals surface area (Å²) in [6.45, 7) is 3.05. The van der Waals surface area contributed by atoms with Gasteiger partial charge in [0.05, 0.1) is 19.3 Å². The molecule has 18 heavy (non-hydrogen) atoms. The van der Waals surface area contributed by atoms with E-state index in [1.165, 1.54) is 5.56 Å². The Bertz CT molecular complexity index is 384. The van der Waals surface area contributed by atoms with Crippen molar-refractivity contribution in [2.45, 2.75) is 31.9 Å². The van der Waals surface area contributed by atoms with Crippen LogP contribution in [-0.4, -0.2) is 25.9 Å². The van der Waals surface area contributed by atoms with Crippen LogP contribution in [0.4, 0.5) is 0 Å². The highest BCUT2D eigenvalue weighted by atomic mass is 16.5. The smallest absolute Gasteiger partial charge is 0.119 e. The van der Waals surface area contributed by atoms with Crippen molar-refractivity contribution in [3.05, 3.63) is 29.8 Å². The lowest BCUT2D eigenvalue weighted by Gasteiger charge is -2.25. The molecule has 0 radical (unpaired) electrons. The van der Waals surface area contributed by atoms with E-state index in [1.54, 1.807) is 7.11 Å². The molecule has 0 bridgehead atoms. The Kier molecular flexibility index (Phi) is 4.58. The third kappa shape index (κ3) is 3.02. The average molecular weight is 250 g/mol. The van der Waals surface area contributed by atoms with Crippen LogP contribution in [0.25, 0.3) is 0 Å². The Morgan fingerprint density at radius 1 is 1.56 bits per heavy atom. The Morgan fingerprint density at radius 2 is 2.39 bits per heavy atom. The Balaban J connectivity index is 2.05. The lowest BCUT2D eigenvalue weighted by Crippen LogP contribution is -2.47. The molecule has 0 saturated carbocycles. The Morgan fingerprint density at radius 3 is 3.00 bits per heavy atom. The second-order valence-electron chi connectivity index (χ2n) is 4.93. The molecule has 1 aliphatic heterocycles. The first-order chi connectivity index (χ1) is 8.74. The molecular weight excluding hydrogens is 228 g/mol. The molecule has 0 spiro atoms. The molecule has 0 amide bonds. The molecule has 1 saturated heterocycles. The van der Waals surface area contributed by atoms with Gasteiger partial charge in [-0.2, -0.15) is 0 Å². The van der Waals surface area contributed by atoms with Crippen molar-refractivity contribution in [3.8, 4) is 5.75 Å². The zero-order valence-electron chi connectivity index (χ0n) is 11.1. The van der Waals surface area contributed by atoms with Gasteiger partial charge in [0.25, 0.3) is 0 Å². The quantitative estimate of drug-likeness (QED) is 0.614. The van der Waals surface area contributed by atoms with Crippen LogP contribution < -0.4 is 16.0 Å². The molecule has 1 fully saturated rings. The summed E-state index contributed by atoms with van der Waals surface area (Å²) < 4.78 is 11.0. The Labute approximate surface area is 108 Å². The summed E-state index contributed by atoms with van der Waals surface area (Å²) in [6, 6.07) is 8.23. The van der Waals surface area contributed by atoms with Crippen molar-refractivity contribution in [1.82, 2.24) is 5.43 Å². The largest absolute Gasteiger partial charge is 0.497 e.